The highest BCUT2D eigenvalue weighted by Gasteiger charge is 2.23. The van der Waals surface area contributed by atoms with Crippen molar-refractivity contribution in [2.24, 2.45) is 17.8 Å². The molecule has 0 amide bonds. The van der Waals surface area contributed by atoms with E-state index in [1.165, 1.54) is 50.9 Å². The first-order chi connectivity index (χ1) is 55.1. The molecular weight excluding hydrogens is 1510 g/mol. The molecule has 4 unspecified atom stereocenters. The standard InChI is InChI=1S/C29H33N3O2S.C23H19N3O2S.C20H21N3O2S.C18H17N3O2S/c1-3-5-8-22(4-2)28(34)27-15-14-26(35-27)25-16-17-30-29(32-25)31-23-9-6-7-21(19-23)18-20-10-12-24(33)13-11-20;1-15(27)17-8-5-9-18(14-17)25-23-24-13-12-19(26-23)20-10-11-21(29-20)22(28)16-6-3-2-4-7-16;1-12(2)19(25)18-8-7-17(26-18)16-9-10-21-20(23-16)22-15-6-4-5-14(11-15)13(3)24;1-11(22)13-4-3-5-14(10-13)20-18-19-9-8-15(21-18)17-7-6-16(24-17)12(2)23/h1,6-7,9,14-17,19-20,22,24,33H,4-5,8,10-13,18H2,2H3,(H,30,31,32);2-15,27H,1H3,(H,24,25,26);4-13,24H,1-3H3,(H,21,22,23);3-11,22H,1-2H3,(H,19,20,21). The van der Waals surface area contributed by atoms with Crippen LogP contribution in [0.1, 0.15) is 178 Å². The lowest BCUT2D eigenvalue weighted by Gasteiger charge is -2.25. The summed E-state index contributed by atoms with van der Waals surface area (Å²) in [6, 6.07) is 62.5. The van der Waals surface area contributed by atoms with Crippen LogP contribution in [0.15, 0.2) is 225 Å². The van der Waals surface area contributed by atoms with Gasteiger partial charge in [-0.25, -0.2) is 39.9 Å². The van der Waals surface area contributed by atoms with Gasteiger partial charge in [-0.15, -0.1) is 57.7 Å². The van der Waals surface area contributed by atoms with Crippen molar-refractivity contribution in [3.8, 4) is 54.6 Å². The molecule has 0 radical (unpaired) electrons. The Hall–Kier alpha value is -11.5. The number of hydrogen-bond acceptors (Lipinski definition) is 24. The SMILES string of the molecule is C#CCCC(CC)C(=O)c1ccc(-c2ccnc(Nc3cccc(CC4CCC(O)CC4)c3)n2)s1.CC(=O)c1ccc(-c2ccnc(Nc3cccc(C(C)O)c3)n2)s1.CC(C)C(=O)c1ccc(-c2ccnc(Nc3cccc(C(C)O)c3)n2)s1.CC(O)c1cccc(Nc2nccc(-c3ccc(C(=O)c4ccccc4)s3)n2)c1. The Balaban J connectivity index is 0.000000151. The van der Waals surface area contributed by atoms with Crippen LogP contribution in [0.25, 0.3) is 42.3 Å². The number of carbonyl (C=O) groups is 4. The van der Waals surface area contributed by atoms with Gasteiger partial charge in [0.1, 0.15) is 0 Å². The number of nitrogens with one attached hydrogen (secondary N) is 4. The minimum absolute atomic E-state index is 0.00388. The number of nitrogens with zero attached hydrogens (tertiary/aromatic N) is 8. The van der Waals surface area contributed by atoms with E-state index in [1.807, 2.05) is 203 Å². The Bertz CT molecular complexity index is 5430. The van der Waals surface area contributed by atoms with Gasteiger partial charge in [-0.2, -0.15) is 0 Å². The zero-order valence-corrected chi connectivity index (χ0v) is 67.5. The van der Waals surface area contributed by atoms with Crippen molar-refractivity contribution in [1.82, 2.24) is 39.9 Å². The predicted molar refractivity (Wildman–Crippen MR) is 459 cm³/mol. The summed E-state index contributed by atoms with van der Waals surface area (Å²) in [5.41, 5.74) is 10.8. The van der Waals surface area contributed by atoms with E-state index in [0.717, 1.165) is 136 Å². The maximum atomic E-state index is 12.9. The zero-order valence-electron chi connectivity index (χ0n) is 64.3. The van der Waals surface area contributed by atoms with Crippen molar-refractivity contribution in [2.75, 3.05) is 21.3 Å². The number of terminal acetylenes is 1. The molecule has 4 atom stereocenters. The summed E-state index contributed by atoms with van der Waals surface area (Å²) in [6.07, 6.45) is 17.6. The van der Waals surface area contributed by atoms with E-state index < -0.39 is 18.3 Å². The van der Waals surface area contributed by atoms with E-state index in [0.29, 0.717) is 51.4 Å². The molecule has 8 aromatic heterocycles. The molecule has 20 nitrogen and oxygen atoms in total. The molecule has 0 saturated heterocycles. The fraction of sp³-hybridized carbons (Fsp3) is 0.244. The first kappa shape index (κ1) is 83.4. The fourth-order valence-electron chi connectivity index (χ4n) is 12.3. The average Bonchev–Trinajstić information content (AvgIpc) is 1.68. The monoisotopic (exact) mass is 1590 g/mol. The Morgan fingerprint density at radius 3 is 1.22 bits per heavy atom. The first-order valence-electron chi connectivity index (χ1n) is 37.7. The Morgan fingerprint density at radius 1 is 0.456 bits per heavy atom. The smallest absolute Gasteiger partial charge is 0.227 e. The predicted octanol–water partition coefficient (Wildman–Crippen LogP) is 20.9. The molecule has 24 heteroatoms. The Kier molecular flexibility index (Phi) is 29.9. The molecule has 582 valence electrons. The van der Waals surface area contributed by atoms with E-state index in [2.05, 4.69) is 80.3 Å². The van der Waals surface area contributed by atoms with Crippen molar-refractivity contribution < 1.29 is 39.6 Å². The minimum atomic E-state index is -0.546. The highest BCUT2D eigenvalue weighted by atomic mass is 32.1. The molecule has 0 spiro atoms. The maximum Gasteiger partial charge on any atom is 0.227 e. The zero-order chi connectivity index (χ0) is 80.6. The largest absolute Gasteiger partial charge is 0.393 e. The Morgan fingerprint density at radius 2 is 0.833 bits per heavy atom. The third-order valence-corrected chi connectivity index (χ3v) is 23.1. The second kappa shape index (κ2) is 40.8. The lowest BCUT2D eigenvalue weighted by atomic mass is 9.83. The lowest BCUT2D eigenvalue weighted by molar-refractivity contribution is 0.0912. The summed E-state index contributed by atoms with van der Waals surface area (Å²) in [7, 11) is 0. The average molecular weight is 1600 g/mol. The van der Waals surface area contributed by atoms with Crippen molar-refractivity contribution in [3.05, 3.63) is 272 Å². The van der Waals surface area contributed by atoms with Crippen LogP contribution in [-0.4, -0.2) is 89.5 Å². The maximum absolute atomic E-state index is 12.9. The number of benzene rings is 5. The molecule has 14 rings (SSSR count). The molecule has 5 aromatic carbocycles. The molecule has 1 saturated carbocycles. The molecule has 0 aliphatic heterocycles. The van der Waals surface area contributed by atoms with Crippen molar-refractivity contribution >= 4 is 115 Å². The second-order valence-corrected chi connectivity index (χ2v) is 32.0. The van der Waals surface area contributed by atoms with Gasteiger partial charge < -0.3 is 41.7 Å². The molecule has 8 N–H and O–H groups in total. The third-order valence-electron chi connectivity index (χ3n) is 18.6. The number of aliphatic hydroxyl groups is 4. The highest BCUT2D eigenvalue weighted by Crippen LogP contribution is 2.36. The van der Waals surface area contributed by atoms with Crippen LogP contribution in [0, 0.1) is 30.1 Å². The van der Waals surface area contributed by atoms with E-state index in [9.17, 15) is 39.6 Å². The summed E-state index contributed by atoms with van der Waals surface area (Å²) in [6.45, 7) is 12.6. The number of anilines is 8. The number of Topliss-reactive ketones (excluding diaryl/α,β-unsaturated/α-hetero) is 3. The van der Waals surface area contributed by atoms with Crippen molar-refractivity contribution in [3.63, 3.8) is 0 Å². The third kappa shape index (κ3) is 23.8. The molecule has 1 fully saturated rings. The van der Waals surface area contributed by atoms with Crippen LogP contribution >= 0.6 is 45.3 Å². The van der Waals surface area contributed by atoms with E-state index >= 15 is 0 Å². The van der Waals surface area contributed by atoms with Crippen LogP contribution in [0.5, 0.6) is 0 Å². The van der Waals surface area contributed by atoms with Crippen molar-refractivity contribution in [1.29, 1.82) is 0 Å². The number of thiophene rings is 4. The van der Waals surface area contributed by atoms with Crippen LogP contribution in [0.4, 0.5) is 46.5 Å². The quantitative estimate of drug-likeness (QED) is 0.0175. The van der Waals surface area contributed by atoms with Gasteiger partial charge in [-0.1, -0.05) is 99.6 Å². The summed E-state index contributed by atoms with van der Waals surface area (Å²) < 4.78 is 0. The van der Waals surface area contributed by atoms with Gasteiger partial charge in [0, 0.05) is 71.4 Å². The van der Waals surface area contributed by atoms with Crippen LogP contribution in [0.2, 0.25) is 0 Å². The highest BCUT2D eigenvalue weighted by molar-refractivity contribution is 7.18. The van der Waals surface area contributed by atoms with Crippen LogP contribution in [-0.2, 0) is 6.42 Å². The molecule has 13 aromatic rings. The Labute approximate surface area is 680 Å². The number of carbonyl (C=O) groups excluding carboxylic acids is 4. The van der Waals surface area contributed by atoms with Gasteiger partial charge >= 0.3 is 0 Å². The summed E-state index contributed by atoms with van der Waals surface area (Å²) >= 11 is 5.74. The molecule has 8 heterocycles. The van der Waals surface area contributed by atoms with Crippen molar-refractivity contribution in [2.45, 2.75) is 124 Å². The van der Waals surface area contributed by atoms with Gasteiger partial charge in [-0.3, -0.25) is 19.2 Å². The lowest BCUT2D eigenvalue weighted by Crippen LogP contribution is -2.19. The van der Waals surface area contributed by atoms with Crippen LogP contribution in [0.3, 0.4) is 0 Å². The summed E-state index contributed by atoms with van der Waals surface area (Å²) in [5, 5.41) is 51.7. The number of ketones is 4. The molecular formula is C90H90N12O8S4. The summed E-state index contributed by atoms with van der Waals surface area (Å²) in [4.78, 5) is 91.1. The fourth-order valence-corrected chi connectivity index (χ4v) is 16.2. The summed E-state index contributed by atoms with van der Waals surface area (Å²) in [5.74, 6) is 5.48. The van der Waals surface area contributed by atoms with E-state index in [-0.39, 0.29) is 41.1 Å². The van der Waals surface area contributed by atoms with Gasteiger partial charge in [-0.05, 0) is 222 Å². The van der Waals surface area contributed by atoms with Gasteiger partial charge in [0.15, 0.2) is 17.3 Å². The van der Waals surface area contributed by atoms with E-state index in [1.54, 1.807) is 52.5 Å². The number of aliphatic hydroxyl groups excluding tert-OH is 4. The first-order valence-corrected chi connectivity index (χ1v) is 40.9. The normalized spacial score (nSPS) is 14.0. The van der Waals surface area contributed by atoms with Crippen LogP contribution < -0.4 is 21.3 Å². The van der Waals surface area contributed by atoms with E-state index in [4.69, 9.17) is 11.4 Å². The topological polar surface area (TPSA) is 300 Å². The minimum Gasteiger partial charge on any atom is -0.393 e. The van der Waals surface area contributed by atoms with Gasteiger partial charge in [0.05, 0.1) is 86.2 Å². The molecule has 114 heavy (non-hydrogen) atoms. The van der Waals surface area contributed by atoms with Gasteiger partial charge in [0.2, 0.25) is 29.6 Å². The van der Waals surface area contributed by atoms with Gasteiger partial charge in [0.25, 0.3) is 0 Å². The molecule has 1 aliphatic rings. The molecule has 1 aliphatic carbocycles. The number of hydrogen-bond donors (Lipinski definition) is 8. The number of rotatable bonds is 27. The molecule has 0 bridgehead atoms. The second-order valence-electron chi connectivity index (χ2n) is 27.7. The number of aromatic nitrogens is 8.